The number of carbonyl (C=O) groups is 1. The summed E-state index contributed by atoms with van der Waals surface area (Å²) in [5, 5.41) is 0. The summed E-state index contributed by atoms with van der Waals surface area (Å²) in [7, 11) is 3.57. The molecule has 0 radical (unpaired) electrons. The molecule has 0 unspecified atom stereocenters. The first kappa shape index (κ1) is 13.2. The second-order valence-corrected chi connectivity index (χ2v) is 4.40. The Kier molecular flexibility index (Phi) is 3.90. The van der Waals surface area contributed by atoms with Crippen LogP contribution in [0.4, 0.5) is 5.88 Å². The van der Waals surface area contributed by atoms with Crippen molar-refractivity contribution >= 4 is 11.7 Å². The monoisotopic (exact) mass is 259 g/mol. The van der Waals surface area contributed by atoms with E-state index in [-0.39, 0.29) is 5.78 Å². The molecule has 4 nitrogen and oxygen atoms in total. The zero-order chi connectivity index (χ0) is 13.8. The normalized spacial score (nSPS) is 10.3. The van der Waals surface area contributed by atoms with Crippen molar-refractivity contribution in [2.75, 3.05) is 19.1 Å². The van der Waals surface area contributed by atoms with E-state index in [9.17, 15) is 4.79 Å². The largest absolute Gasteiger partial charge is 0.497 e. The maximum atomic E-state index is 11.2. The van der Waals surface area contributed by atoms with Crippen molar-refractivity contribution in [3.05, 3.63) is 47.7 Å². The number of furan rings is 1. The van der Waals surface area contributed by atoms with Crippen LogP contribution in [-0.4, -0.2) is 19.9 Å². The molecule has 1 heterocycles. The lowest BCUT2D eigenvalue weighted by atomic mass is 10.2. The fraction of sp³-hybridized carbons (Fsp3) is 0.267. The summed E-state index contributed by atoms with van der Waals surface area (Å²) in [6, 6.07) is 11.4. The van der Waals surface area contributed by atoms with Crippen LogP contribution in [0.1, 0.15) is 23.0 Å². The summed E-state index contributed by atoms with van der Waals surface area (Å²) in [6.45, 7) is 2.20. The average molecular weight is 259 g/mol. The van der Waals surface area contributed by atoms with Gasteiger partial charge in [-0.1, -0.05) is 12.1 Å². The smallest absolute Gasteiger partial charge is 0.196 e. The molecular weight excluding hydrogens is 242 g/mol. The van der Waals surface area contributed by atoms with E-state index in [2.05, 4.69) is 0 Å². The highest BCUT2D eigenvalue weighted by molar-refractivity contribution is 5.91. The molecule has 2 aromatic rings. The third-order valence-corrected chi connectivity index (χ3v) is 2.89. The average Bonchev–Trinajstić information content (AvgIpc) is 2.89. The van der Waals surface area contributed by atoms with Gasteiger partial charge in [-0.05, 0) is 23.8 Å². The standard InChI is InChI=1S/C15H17NO3/c1-11(17)14-8-9-15(19-14)16(2)10-12-4-6-13(18-3)7-5-12/h4-9H,10H2,1-3H3. The first-order chi connectivity index (χ1) is 9.10. The topological polar surface area (TPSA) is 42.7 Å². The van der Waals surface area contributed by atoms with E-state index in [1.807, 2.05) is 36.2 Å². The molecule has 0 atom stereocenters. The summed E-state index contributed by atoms with van der Waals surface area (Å²) in [5.74, 6) is 1.84. The van der Waals surface area contributed by atoms with Crippen molar-refractivity contribution in [3.8, 4) is 5.75 Å². The Morgan fingerprint density at radius 2 is 1.89 bits per heavy atom. The second-order valence-electron chi connectivity index (χ2n) is 4.40. The van der Waals surface area contributed by atoms with E-state index in [0.29, 0.717) is 18.2 Å². The molecule has 0 saturated carbocycles. The fourth-order valence-corrected chi connectivity index (χ4v) is 1.80. The van der Waals surface area contributed by atoms with Crippen molar-refractivity contribution in [2.24, 2.45) is 0 Å². The number of ketones is 1. The summed E-state index contributed by atoms with van der Waals surface area (Å²) in [4.78, 5) is 13.1. The highest BCUT2D eigenvalue weighted by Gasteiger charge is 2.10. The van der Waals surface area contributed by atoms with Gasteiger partial charge in [-0.15, -0.1) is 0 Å². The van der Waals surface area contributed by atoms with Crippen LogP contribution in [0.5, 0.6) is 5.75 Å². The Balaban J connectivity index is 2.06. The van der Waals surface area contributed by atoms with Gasteiger partial charge in [0, 0.05) is 26.6 Å². The minimum absolute atomic E-state index is 0.0657. The first-order valence-corrected chi connectivity index (χ1v) is 6.05. The lowest BCUT2D eigenvalue weighted by Gasteiger charge is -2.16. The minimum atomic E-state index is -0.0657. The van der Waals surface area contributed by atoms with Crippen molar-refractivity contribution in [2.45, 2.75) is 13.5 Å². The number of Topliss-reactive ketones (excluding diaryl/α,β-unsaturated/α-hetero) is 1. The van der Waals surface area contributed by atoms with Gasteiger partial charge in [0.1, 0.15) is 5.75 Å². The molecule has 0 aliphatic carbocycles. The predicted octanol–water partition coefficient (Wildman–Crippen LogP) is 3.13. The van der Waals surface area contributed by atoms with Gasteiger partial charge >= 0.3 is 0 Å². The molecule has 2 rings (SSSR count). The Bertz CT molecular complexity index is 557. The number of rotatable bonds is 5. The van der Waals surface area contributed by atoms with Gasteiger partial charge in [0.25, 0.3) is 0 Å². The van der Waals surface area contributed by atoms with Crippen molar-refractivity contribution in [1.82, 2.24) is 0 Å². The minimum Gasteiger partial charge on any atom is -0.497 e. The zero-order valence-corrected chi connectivity index (χ0v) is 11.3. The Morgan fingerprint density at radius 1 is 1.21 bits per heavy atom. The zero-order valence-electron chi connectivity index (χ0n) is 11.3. The summed E-state index contributed by atoms with van der Waals surface area (Å²) >= 11 is 0. The van der Waals surface area contributed by atoms with E-state index in [0.717, 1.165) is 11.3 Å². The highest BCUT2D eigenvalue weighted by Crippen LogP contribution is 2.20. The van der Waals surface area contributed by atoms with Crippen LogP contribution in [0.3, 0.4) is 0 Å². The molecule has 0 N–H and O–H groups in total. The molecule has 0 fully saturated rings. The first-order valence-electron chi connectivity index (χ1n) is 6.05. The Hall–Kier alpha value is -2.23. The quantitative estimate of drug-likeness (QED) is 0.774. The van der Waals surface area contributed by atoms with Crippen molar-refractivity contribution in [1.29, 1.82) is 0 Å². The number of ether oxygens (including phenoxy) is 1. The molecule has 0 saturated heterocycles. The van der Waals surface area contributed by atoms with Gasteiger partial charge in [0.05, 0.1) is 7.11 Å². The molecule has 0 bridgehead atoms. The van der Waals surface area contributed by atoms with Crippen LogP contribution in [0.25, 0.3) is 0 Å². The van der Waals surface area contributed by atoms with Crippen LogP contribution in [0.15, 0.2) is 40.8 Å². The summed E-state index contributed by atoms with van der Waals surface area (Å²) in [5.41, 5.74) is 1.14. The van der Waals surface area contributed by atoms with Gasteiger partial charge in [0.2, 0.25) is 0 Å². The molecule has 1 aromatic heterocycles. The number of methoxy groups -OCH3 is 1. The molecule has 0 spiro atoms. The number of benzene rings is 1. The van der Waals surface area contributed by atoms with Crippen LogP contribution in [0.2, 0.25) is 0 Å². The van der Waals surface area contributed by atoms with E-state index < -0.39 is 0 Å². The lowest BCUT2D eigenvalue weighted by Crippen LogP contribution is -2.15. The third kappa shape index (κ3) is 3.16. The van der Waals surface area contributed by atoms with Gasteiger partial charge in [-0.25, -0.2) is 0 Å². The maximum Gasteiger partial charge on any atom is 0.196 e. The molecule has 0 aliphatic rings. The number of anilines is 1. The molecule has 0 aliphatic heterocycles. The highest BCUT2D eigenvalue weighted by atomic mass is 16.5. The van der Waals surface area contributed by atoms with Crippen LogP contribution < -0.4 is 9.64 Å². The summed E-state index contributed by atoms with van der Waals surface area (Å²) < 4.78 is 10.6. The van der Waals surface area contributed by atoms with Gasteiger partial charge in [0.15, 0.2) is 17.4 Å². The molecule has 100 valence electrons. The molecule has 19 heavy (non-hydrogen) atoms. The molecular formula is C15H17NO3. The van der Waals surface area contributed by atoms with Crippen LogP contribution in [0, 0.1) is 0 Å². The number of hydrogen-bond donors (Lipinski definition) is 0. The molecule has 0 amide bonds. The SMILES string of the molecule is COc1ccc(CN(C)c2ccc(C(C)=O)o2)cc1. The molecule has 1 aromatic carbocycles. The number of hydrogen-bond acceptors (Lipinski definition) is 4. The maximum absolute atomic E-state index is 11.2. The second kappa shape index (κ2) is 5.61. The van der Waals surface area contributed by atoms with E-state index in [4.69, 9.17) is 9.15 Å². The predicted molar refractivity (Wildman–Crippen MR) is 73.8 cm³/mol. The van der Waals surface area contributed by atoms with Gasteiger partial charge in [-0.3, -0.25) is 4.79 Å². The number of carbonyl (C=O) groups excluding carboxylic acids is 1. The lowest BCUT2D eigenvalue weighted by molar-refractivity contribution is 0.0988. The summed E-state index contributed by atoms with van der Waals surface area (Å²) in [6.07, 6.45) is 0. The van der Waals surface area contributed by atoms with Gasteiger partial charge < -0.3 is 14.1 Å². The molecule has 4 heteroatoms. The van der Waals surface area contributed by atoms with E-state index in [1.54, 1.807) is 19.2 Å². The van der Waals surface area contributed by atoms with Gasteiger partial charge in [-0.2, -0.15) is 0 Å². The Morgan fingerprint density at radius 3 is 2.42 bits per heavy atom. The van der Waals surface area contributed by atoms with Crippen LogP contribution >= 0.6 is 0 Å². The third-order valence-electron chi connectivity index (χ3n) is 2.89. The van der Waals surface area contributed by atoms with Crippen molar-refractivity contribution in [3.63, 3.8) is 0 Å². The Labute approximate surface area is 112 Å². The van der Waals surface area contributed by atoms with E-state index >= 15 is 0 Å². The fourth-order valence-electron chi connectivity index (χ4n) is 1.80. The number of nitrogens with zero attached hydrogens (tertiary/aromatic N) is 1. The van der Waals surface area contributed by atoms with E-state index in [1.165, 1.54) is 6.92 Å². The van der Waals surface area contributed by atoms with Crippen LogP contribution in [-0.2, 0) is 6.54 Å². The van der Waals surface area contributed by atoms with Crippen molar-refractivity contribution < 1.29 is 13.9 Å².